The molecule has 2 heterocycles. The number of aryl methyl sites for hydroxylation is 1. The predicted octanol–water partition coefficient (Wildman–Crippen LogP) is -0.686. The first-order chi connectivity index (χ1) is 10.9. The highest BCUT2D eigenvalue weighted by Gasteiger charge is 2.28. The molecule has 0 aliphatic heterocycles. The second-order valence-corrected chi connectivity index (χ2v) is 6.19. The molecule has 3 rings (SSSR count). The fourth-order valence-electron chi connectivity index (χ4n) is 2.85. The Labute approximate surface area is 144 Å². The van der Waals surface area contributed by atoms with Gasteiger partial charge in [0.15, 0.2) is 0 Å². The lowest BCUT2D eigenvalue weighted by Crippen LogP contribution is -2.40. The highest BCUT2D eigenvalue weighted by atomic mass is 35.5. The highest BCUT2D eigenvalue weighted by molar-refractivity contribution is 5.85. The van der Waals surface area contributed by atoms with E-state index in [1.54, 1.807) is 23.9 Å². The first-order valence-corrected chi connectivity index (χ1v) is 7.67. The van der Waals surface area contributed by atoms with Crippen molar-refractivity contribution in [2.45, 2.75) is 25.4 Å². The van der Waals surface area contributed by atoms with Crippen molar-refractivity contribution in [3.05, 3.63) is 33.1 Å². The molecule has 0 saturated heterocycles. The Balaban J connectivity index is 0.00000208. The smallest absolute Gasteiger partial charge is 0.332 e. The SMILES string of the molecule is Cl.Cn1c(=O)c2ccn(CC(=O)NCC(N)C3CC3)c2n(C)c1=O. The molecule has 1 unspecified atom stereocenters. The van der Waals surface area contributed by atoms with Gasteiger partial charge in [-0.05, 0) is 24.8 Å². The van der Waals surface area contributed by atoms with Crippen LogP contribution in [-0.4, -0.2) is 32.2 Å². The molecule has 1 amide bonds. The summed E-state index contributed by atoms with van der Waals surface area (Å²) in [6, 6.07) is 1.62. The fraction of sp³-hybridized carbons (Fsp3) is 0.533. The summed E-state index contributed by atoms with van der Waals surface area (Å²) in [5.41, 5.74) is 5.62. The van der Waals surface area contributed by atoms with E-state index in [9.17, 15) is 14.4 Å². The zero-order chi connectivity index (χ0) is 16.7. The van der Waals surface area contributed by atoms with Gasteiger partial charge in [0.05, 0.1) is 5.39 Å². The number of carbonyl (C=O) groups is 1. The largest absolute Gasteiger partial charge is 0.353 e. The minimum absolute atomic E-state index is 0. The van der Waals surface area contributed by atoms with Crippen molar-refractivity contribution in [3.63, 3.8) is 0 Å². The third-order valence-electron chi connectivity index (χ3n) is 4.44. The van der Waals surface area contributed by atoms with Crippen LogP contribution in [0.5, 0.6) is 0 Å². The molecular weight excluding hydrogens is 334 g/mol. The van der Waals surface area contributed by atoms with E-state index in [0.717, 1.165) is 17.4 Å². The quantitative estimate of drug-likeness (QED) is 0.741. The van der Waals surface area contributed by atoms with Gasteiger partial charge in [-0.1, -0.05) is 0 Å². The maximum absolute atomic E-state index is 12.1. The monoisotopic (exact) mass is 355 g/mol. The van der Waals surface area contributed by atoms with Crippen LogP contribution >= 0.6 is 12.4 Å². The predicted molar refractivity (Wildman–Crippen MR) is 93.4 cm³/mol. The van der Waals surface area contributed by atoms with Gasteiger partial charge in [0, 0.05) is 32.9 Å². The molecule has 9 heteroatoms. The molecule has 3 N–H and O–H groups in total. The van der Waals surface area contributed by atoms with Gasteiger partial charge in [-0.15, -0.1) is 12.4 Å². The van der Waals surface area contributed by atoms with Crippen LogP contribution in [0.4, 0.5) is 0 Å². The van der Waals surface area contributed by atoms with Gasteiger partial charge in [0.1, 0.15) is 12.2 Å². The lowest BCUT2D eigenvalue weighted by Gasteiger charge is -2.13. The second kappa shape index (κ2) is 6.82. The molecule has 0 radical (unpaired) electrons. The van der Waals surface area contributed by atoms with Gasteiger partial charge in [-0.3, -0.25) is 18.7 Å². The number of rotatable bonds is 5. The van der Waals surface area contributed by atoms with Crippen molar-refractivity contribution in [2.24, 2.45) is 25.7 Å². The van der Waals surface area contributed by atoms with Crippen LogP contribution in [0.3, 0.4) is 0 Å². The summed E-state index contributed by atoms with van der Waals surface area (Å²) in [5, 5.41) is 3.23. The summed E-state index contributed by atoms with van der Waals surface area (Å²) in [5.74, 6) is 0.332. The van der Waals surface area contributed by atoms with Crippen molar-refractivity contribution in [1.29, 1.82) is 0 Å². The number of nitrogens with two attached hydrogens (primary N) is 1. The van der Waals surface area contributed by atoms with Crippen molar-refractivity contribution in [2.75, 3.05) is 6.54 Å². The van der Waals surface area contributed by atoms with E-state index in [-0.39, 0.29) is 36.5 Å². The molecule has 1 aliphatic carbocycles. The minimum Gasteiger partial charge on any atom is -0.353 e. The van der Waals surface area contributed by atoms with Crippen LogP contribution in [0.25, 0.3) is 11.0 Å². The number of hydrogen-bond donors (Lipinski definition) is 2. The molecule has 1 fully saturated rings. The molecule has 2 aromatic rings. The Kier molecular flexibility index (Phi) is 5.19. The van der Waals surface area contributed by atoms with Crippen LogP contribution in [-0.2, 0) is 25.4 Å². The number of hydrogen-bond acceptors (Lipinski definition) is 4. The van der Waals surface area contributed by atoms with Crippen molar-refractivity contribution >= 4 is 29.3 Å². The summed E-state index contributed by atoms with van der Waals surface area (Å²) in [6.45, 7) is 0.491. The van der Waals surface area contributed by atoms with Crippen LogP contribution in [0.1, 0.15) is 12.8 Å². The van der Waals surface area contributed by atoms with Gasteiger partial charge in [-0.2, -0.15) is 0 Å². The number of amides is 1. The van der Waals surface area contributed by atoms with E-state index in [0.29, 0.717) is 23.5 Å². The molecule has 1 saturated carbocycles. The molecule has 0 spiro atoms. The van der Waals surface area contributed by atoms with Crippen molar-refractivity contribution < 1.29 is 4.79 Å². The second-order valence-electron chi connectivity index (χ2n) is 6.19. The molecular formula is C15H22ClN5O3. The third kappa shape index (κ3) is 3.25. The van der Waals surface area contributed by atoms with Gasteiger partial charge >= 0.3 is 5.69 Å². The Morgan fingerprint density at radius 2 is 2.00 bits per heavy atom. The van der Waals surface area contributed by atoms with E-state index in [4.69, 9.17) is 5.73 Å². The summed E-state index contributed by atoms with van der Waals surface area (Å²) >= 11 is 0. The van der Waals surface area contributed by atoms with Crippen LogP contribution in [0, 0.1) is 5.92 Å². The molecule has 1 atom stereocenters. The number of aromatic nitrogens is 3. The van der Waals surface area contributed by atoms with Gasteiger partial charge < -0.3 is 15.6 Å². The summed E-state index contributed by atoms with van der Waals surface area (Å²) in [6.07, 6.45) is 3.90. The van der Waals surface area contributed by atoms with Gasteiger partial charge in [0.2, 0.25) is 5.91 Å². The Morgan fingerprint density at radius 3 is 2.62 bits per heavy atom. The zero-order valence-corrected chi connectivity index (χ0v) is 14.5. The maximum atomic E-state index is 12.1. The Morgan fingerprint density at radius 1 is 1.33 bits per heavy atom. The number of carbonyl (C=O) groups excluding carboxylic acids is 1. The fourth-order valence-corrected chi connectivity index (χ4v) is 2.85. The standard InChI is InChI=1S/C15H21N5O3.ClH/c1-18-13-10(14(22)19(2)15(18)23)5-6-20(13)8-12(21)17-7-11(16)9-3-4-9;/h5-6,9,11H,3-4,7-8,16H2,1-2H3,(H,17,21);1H. The first kappa shape index (κ1) is 18.3. The third-order valence-corrected chi connectivity index (χ3v) is 4.44. The normalized spacial score (nSPS) is 15.1. The van der Waals surface area contributed by atoms with Gasteiger partial charge in [0.25, 0.3) is 5.56 Å². The minimum atomic E-state index is -0.418. The van der Waals surface area contributed by atoms with E-state index >= 15 is 0 Å². The van der Waals surface area contributed by atoms with Crippen LogP contribution in [0.15, 0.2) is 21.9 Å². The lowest BCUT2D eigenvalue weighted by molar-refractivity contribution is -0.121. The molecule has 132 valence electrons. The molecule has 0 bridgehead atoms. The zero-order valence-electron chi connectivity index (χ0n) is 13.7. The van der Waals surface area contributed by atoms with E-state index in [1.807, 2.05) is 0 Å². The molecule has 0 aromatic carbocycles. The number of halogens is 1. The van der Waals surface area contributed by atoms with Crippen LogP contribution < -0.4 is 22.3 Å². The molecule has 1 aliphatic rings. The summed E-state index contributed by atoms with van der Waals surface area (Å²) < 4.78 is 4.04. The van der Waals surface area contributed by atoms with Gasteiger partial charge in [-0.25, -0.2) is 4.79 Å². The van der Waals surface area contributed by atoms with Crippen molar-refractivity contribution in [3.8, 4) is 0 Å². The van der Waals surface area contributed by atoms with E-state index in [1.165, 1.54) is 11.6 Å². The van der Waals surface area contributed by atoms with Crippen molar-refractivity contribution in [1.82, 2.24) is 19.0 Å². The molecule has 24 heavy (non-hydrogen) atoms. The summed E-state index contributed by atoms with van der Waals surface area (Å²) in [4.78, 5) is 36.2. The average molecular weight is 356 g/mol. The first-order valence-electron chi connectivity index (χ1n) is 7.67. The van der Waals surface area contributed by atoms with E-state index in [2.05, 4.69) is 5.32 Å². The molecule has 8 nitrogen and oxygen atoms in total. The Bertz CT molecular complexity index is 878. The van der Waals surface area contributed by atoms with E-state index < -0.39 is 5.69 Å². The number of nitrogens with one attached hydrogen (secondary N) is 1. The highest BCUT2D eigenvalue weighted by Crippen LogP contribution is 2.31. The number of fused-ring (bicyclic) bond motifs is 1. The van der Waals surface area contributed by atoms with Crippen LogP contribution in [0.2, 0.25) is 0 Å². The average Bonchev–Trinajstić information content (AvgIpc) is 3.30. The number of nitrogens with zero attached hydrogens (tertiary/aromatic N) is 3. The summed E-state index contributed by atoms with van der Waals surface area (Å²) in [7, 11) is 3.02. The Hall–Kier alpha value is -2.06. The topological polar surface area (TPSA) is 104 Å². The lowest BCUT2D eigenvalue weighted by atomic mass is 10.2. The molecule has 2 aromatic heterocycles. The maximum Gasteiger partial charge on any atom is 0.332 e.